The van der Waals surface area contributed by atoms with Gasteiger partial charge in [-0.3, -0.25) is 9.69 Å². The standard InChI is InChI=1S/C23H31ClFN5O4S/c1-6-7-13(16-12-9-8-11(10-26-16)30(12)22(32)34-23(2,3)4)33-20-14-17(15(25)18(24)28-20)27-21(35-5)29-19(14)31/h11-13,16,26H,6-10H2,1-5H3,(H,27,29,31)/t11-,12+,13?,16+/m1/s1. The molecule has 2 aromatic rings. The predicted molar refractivity (Wildman–Crippen MR) is 133 cm³/mol. The third-order valence-corrected chi connectivity index (χ3v) is 7.12. The van der Waals surface area contributed by atoms with Gasteiger partial charge in [0.05, 0.1) is 12.1 Å². The van der Waals surface area contributed by atoms with E-state index in [1.165, 1.54) is 11.8 Å². The minimum atomic E-state index is -0.868. The smallest absolute Gasteiger partial charge is 0.410 e. The number of hydrogen-bond donors (Lipinski definition) is 2. The van der Waals surface area contributed by atoms with Gasteiger partial charge in [-0.2, -0.15) is 4.98 Å². The van der Waals surface area contributed by atoms with Crippen molar-refractivity contribution in [2.75, 3.05) is 12.8 Å². The Labute approximate surface area is 212 Å². The number of aromatic nitrogens is 3. The summed E-state index contributed by atoms with van der Waals surface area (Å²) in [6.45, 7) is 8.15. The van der Waals surface area contributed by atoms with E-state index < -0.39 is 28.2 Å². The number of pyridine rings is 1. The molecule has 0 aromatic carbocycles. The molecule has 2 N–H and O–H groups in total. The van der Waals surface area contributed by atoms with Crippen molar-refractivity contribution < 1.29 is 18.7 Å². The van der Waals surface area contributed by atoms with Crippen molar-refractivity contribution in [3.8, 4) is 5.88 Å². The molecule has 35 heavy (non-hydrogen) atoms. The minimum absolute atomic E-state index is 0.0459. The molecule has 0 saturated carbocycles. The maximum atomic E-state index is 14.8. The summed E-state index contributed by atoms with van der Waals surface area (Å²) in [4.78, 5) is 38.6. The van der Waals surface area contributed by atoms with Crippen LogP contribution < -0.4 is 15.6 Å². The first-order valence-electron chi connectivity index (χ1n) is 11.8. The molecule has 2 fully saturated rings. The summed E-state index contributed by atoms with van der Waals surface area (Å²) in [5.41, 5.74) is -1.34. The number of piperazine rings is 1. The van der Waals surface area contributed by atoms with E-state index in [-0.39, 0.29) is 46.2 Å². The number of aromatic amines is 1. The fourth-order valence-electron chi connectivity index (χ4n) is 4.87. The number of ether oxygens (including phenoxy) is 2. The van der Waals surface area contributed by atoms with Crippen LogP contribution in [0.25, 0.3) is 10.9 Å². The molecule has 4 heterocycles. The molecule has 2 saturated heterocycles. The van der Waals surface area contributed by atoms with E-state index in [1.807, 2.05) is 32.6 Å². The highest BCUT2D eigenvalue weighted by Crippen LogP contribution is 2.35. The lowest BCUT2D eigenvalue weighted by Gasteiger charge is -2.43. The van der Waals surface area contributed by atoms with Crippen LogP contribution in [0.3, 0.4) is 0 Å². The molecule has 0 radical (unpaired) electrons. The van der Waals surface area contributed by atoms with Crippen LogP contribution in [0.15, 0.2) is 9.95 Å². The van der Waals surface area contributed by atoms with Crippen LogP contribution in [0, 0.1) is 5.82 Å². The molecule has 0 aliphatic carbocycles. The van der Waals surface area contributed by atoms with Gasteiger partial charge in [-0.25, -0.2) is 14.2 Å². The maximum absolute atomic E-state index is 14.8. The average molecular weight is 528 g/mol. The van der Waals surface area contributed by atoms with Crippen LogP contribution >= 0.6 is 23.4 Å². The molecule has 12 heteroatoms. The van der Waals surface area contributed by atoms with E-state index in [0.717, 1.165) is 19.3 Å². The summed E-state index contributed by atoms with van der Waals surface area (Å²) in [5.74, 6) is -0.940. The first-order chi connectivity index (χ1) is 16.5. The second kappa shape index (κ2) is 10.1. The van der Waals surface area contributed by atoms with Crippen molar-refractivity contribution in [3.05, 3.63) is 21.3 Å². The van der Waals surface area contributed by atoms with Gasteiger partial charge in [-0.05, 0) is 46.3 Å². The Hall–Kier alpha value is -2.11. The van der Waals surface area contributed by atoms with Gasteiger partial charge in [0.25, 0.3) is 5.56 Å². The van der Waals surface area contributed by atoms with Gasteiger partial charge in [0.1, 0.15) is 22.6 Å². The third-order valence-electron chi connectivity index (χ3n) is 6.28. The number of thioether (sulfide) groups is 1. The molecule has 0 spiro atoms. The van der Waals surface area contributed by atoms with Gasteiger partial charge >= 0.3 is 6.09 Å². The number of amides is 1. The highest BCUT2D eigenvalue weighted by molar-refractivity contribution is 7.98. The number of carbonyl (C=O) groups excluding carboxylic acids is 1. The zero-order valence-electron chi connectivity index (χ0n) is 20.5. The molecule has 2 aliphatic rings. The van der Waals surface area contributed by atoms with Gasteiger partial charge in [-0.15, -0.1) is 0 Å². The number of hydrogen-bond acceptors (Lipinski definition) is 8. The highest BCUT2D eigenvalue weighted by Gasteiger charge is 2.49. The summed E-state index contributed by atoms with van der Waals surface area (Å²) in [7, 11) is 0. The van der Waals surface area contributed by atoms with Gasteiger partial charge in [0.15, 0.2) is 16.1 Å². The monoisotopic (exact) mass is 527 g/mol. The van der Waals surface area contributed by atoms with Crippen molar-refractivity contribution in [3.63, 3.8) is 0 Å². The molecular formula is C23H31ClFN5O4S. The van der Waals surface area contributed by atoms with Crippen molar-refractivity contribution in [2.24, 2.45) is 0 Å². The number of H-pyrrole nitrogens is 1. The minimum Gasteiger partial charge on any atom is -0.472 e. The zero-order chi connectivity index (χ0) is 25.5. The van der Waals surface area contributed by atoms with Crippen LogP contribution in [0.2, 0.25) is 5.15 Å². The largest absolute Gasteiger partial charge is 0.472 e. The van der Waals surface area contributed by atoms with Gasteiger partial charge in [0, 0.05) is 12.6 Å². The second-order valence-corrected chi connectivity index (χ2v) is 11.0. The Kier molecular flexibility index (Phi) is 7.49. The van der Waals surface area contributed by atoms with E-state index in [0.29, 0.717) is 13.0 Å². The summed E-state index contributed by atoms with van der Waals surface area (Å²) < 4.78 is 26.8. The van der Waals surface area contributed by atoms with Gasteiger partial charge in [-0.1, -0.05) is 36.7 Å². The molecular weight excluding hydrogens is 497 g/mol. The number of carbonyl (C=O) groups is 1. The van der Waals surface area contributed by atoms with E-state index in [4.69, 9.17) is 21.1 Å². The number of nitrogens with zero attached hydrogens (tertiary/aromatic N) is 3. The number of fused-ring (bicyclic) bond motifs is 3. The normalized spacial score (nSPS) is 22.9. The molecule has 1 amide bonds. The van der Waals surface area contributed by atoms with Gasteiger partial charge < -0.3 is 19.8 Å². The molecule has 4 atom stereocenters. The van der Waals surface area contributed by atoms with E-state index >= 15 is 0 Å². The SMILES string of the molecule is CCCC(Oc1nc(Cl)c(F)c2nc(SC)[nH]c(=O)c12)[C@H]1NC[C@H]2CC[C@@H]1N2C(=O)OC(C)(C)C. The highest BCUT2D eigenvalue weighted by atomic mass is 35.5. The van der Waals surface area contributed by atoms with Crippen LogP contribution in [0.4, 0.5) is 9.18 Å². The summed E-state index contributed by atoms with van der Waals surface area (Å²) in [6.07, 6.45) is 3.98. The van der Waals surface area contributed by atoms with Gasteiger partial charge in [0.2, 0.25) is 5.88 Å². The van der Waals surface area contributed by atoms with E-state index in [2.05, 4.69) is 20.3 Å². The predicted octanol–water partition coefficient (Wildman–Crippen LogP) is 4.12. The Morgan fingerprint density at radius 3 is 2.74 bits per heavy atom. The first kappa shape index (κ1) is 26.0. The van der Waals surface area contributed by atoms with E-state index in [1.54, 1.807) is 6.26 Å². The lowest BCUT2D eigenvalue weighted by atomic mass is 9.96. The molecule has 2 aliphatic heterocycles. The fourth-order valence-corrected chi connectivity index (χ4v) is 5.42. The third kappa shape index (κ3) is 5.22. The Balaban J connectivity index is 1.69. The maximum Gasteiger partial charge on any atom is 0.410 e. The van der Waals surface area contributed by atoms with Crippen LogP contribution in [-0.4, -0.2) is 68.6 Å². The van der Waals surface area contributed by atoms with Crippen molar-refractivity contribution in [1.29, 1.82) is 0 Å². The number of rotatable bonds is 6. The zero-order valence-corrected chi connectivity index (χ0v) is 22.1. The van der Waals surface area contributed by atoms with Crippen molar-refractivity contribution in [1.82, 2.24) is 25.2 Å². The topological polar surface area (TPSA) is 109 Å². The van der Waals surface area contributed by atoms with Crippen LogP contribution in [0.1, 0.15) is 53.4 Å². The first-order valence-corrected chi connectivity index (χ1v) is 13.4. The summed E-state index contributed by atoms with van der Waals surface area (Å²) in [5, 5.41) is 3.29. The van der Waals surface area contributed by atoms with Crippen LogP contribution in [0.5, 0.6) is 5.88 Å². The molecule has 2 aromatic heterocycles. The van der Waals surface area contributed by atoms with Crippen LogP contribution in [-0.2, 0) is 4.74 Å². The quantitative estimate of drug-likeness (QED) is 0.328. The Bertz CT molecular complexity index is 1170. The Morgan fingerprint density at radius 1 is 1.34 bits per heavy atom. The number of halogens is 2. The molecule has 2 bridgehead atoms. The lowest BCUT2D eigenvalue weighted by molar-refractivity contribution is -0.00749. The Morgan fingerprint density at radius 2 is 2.09 bits per heavy atom. The molecule has 4 rings (SSSR count). The van der Waals surface area contributed by atoms with E-state index in [9.17, 15) is 14.0 Å². The fraction of sp³-hybridized carbons (Fsp3) is 0.652. The van der Waals surface area contributed by atoms with Crippen molar-refractivity contribution in [2.45, 2.75) is 88.4 Å². The summed E-state index contributed by atoms with van der Waals surface area (Å²) in [6, 6.07) is -0.342. The van der Waals surface area contributed by atoms with Crippen molar-refractivity contribution >= 4 is 40.4 Å². The molecule has 192 valence electrons. The molecule has 9 nitrogen and oxygen atoms in total. The lowest BCUT2D eigenvalue weighted by Crippen LogP contribution is -2.64. The number of nitrogens with one attached hydrogen (secondary N) is 2. The summed E-state index contributed by atoms with van der Waals surface area (Å²) >= 11 is 7.25. The average Bonchev–Trinajstić information content (AvgIpc) is 3.08. The molecule has 1 unspecified atom stereocenters. The second-order valence-electron chi connectivity index (χ2n) is 9.89.